The summed E-state index contributed by atoms with van der Waals surface area (Å²) < 4.78 is 12.5. The van der Waals surface area contributed by atoms with E-state index in [0.717, 1.165) is 12.0 Å². The zero-order valence-corrected chi connectivity index (χ0v) is 6.59. The van der Waals surface area contributed by atoms with Gasteiger partial charge in [0.1, 0.15) is 11.6 Å². The van der Waals surface area contributed by atoms with Crippen molar-refractivity contribution < 1.29 is 9.18 Å². The molecule has 0 bridgehead atoms. The van der Waals surface area contributed by atoms with E-state index >= 15 is 0 Å². The highest BCUT2D eigenvalue weighted by atomic mass is 19.1. The fraction of sp³-hybridized carbons (Fsp3) is 0.300. The van der Waals surface area contributed by atoms with Crippen molar-refractivity contribution in [3.63, 3.8) is 0 Å². The van der Waals surface area contributed by atoms with Gasteiger partial charge in [-0.2, -0.15) is 0 Å². The number of carbonyl (C=O) groups excluding carboxylic acids is 1. The van der Waals surface area contributed by atoms with Gasteiger partial charge >= 0.3 is 0 Å². The molecule has 1 nitrogen and oxygen atoms in total. The minimum Gasteiger partial charge on any atom is -0.299 e. The van der Waals surface area contributed by atoms with Crippen LogP contribution >= 0.6 is 0 Å². The van der Waals surface area contributed by atoms with Gasteiger partial charge in [0, 0.05) is 12.3 Å². The fourth-order valence-electron chi connectivity index (χ4n) is 1.45. The Morgan fingerprint density at radius 1 is 1.25 bits per heavy atom. The van der Waals surface area contributed by atoms with Gasteiger partial charge in [0.25, 0.3) is 0 Å². The SMILES string of the molecule is O=C1CC[C@H]1c1ccc(F)cc1. The van der Waals surface area contributed by atoms with Crippen LogP contribution in [0.1, 0.15) is 24.3 Å². The number of benzene rings is 1. The molecular weight excluding hydrogens is 155 g/mol. The maximum atomic E-state index is 12.5. The van der Waals surface area contributed by atoms with Gasteiger partial charge in [-0.25, -0.2) is 4.39 Å². The van der Waals surface area contributed by atoms with Crippen LogP contribution in [0.15, 0.2) is 24.3 Å². The summed E-state index contributed by atoms with van der Waals surface area (Å²) >= 11 is 0. The molecule has 1 aliphatic rings. The zero-order valence-electron chi connectivity index (χ0n) is 6.59. The molecule has 1 aromatic rings. The molecular formula is C10H9FO. The molecule has 0 aromatic heterocycles. The Labute approximate surface area is 70.2 Å². The topological polar surface area (TPSA) is 17.1 Å². The largest absolute Gasteiger partial charge is 0.299 e. The summed E-state index contributed by atoms with van der Waals surface area (Å²) in [7, 11) is 0. The Hall–Kier alpha value is -1.18. The number of Topliss-reactive ketones (excluding diaryl/α,β-unsaturated/α-hetero) is 1. The van der Waals surface area contributed by atoms with Gasteiger partial charge in [0.15, 0.2) is 0 Å². The van der Waals surface area contributed by atoms with E-state index in [-0.39, 0.29) is 17.5 Å². The molecule has 2 heteroatoms. The second kappa shape index (κ2) is 2.70. The van der Waals surface area contributed by atoms with E-state index in [4.69, 9.17) is 0 Å². The van der Waals surface area contributed by atoms with Crippen molar-refractivity contribution in [2.75, 3.05) is 0 Å². The first-order chi connectivity index (χ1) is 5.77. The fourth-order valence-corrected chi connectivity index (χ4v) is 1.45. The first kappa shape index (κ1) is 7.47. The molecule has 0 amide bonds. The molecule has 0 aliphatic heterocycles. The van der Waals surface area contributed by atoms with Crippen molar-refractivity contribution in [1.29, 1.82) is 0 Å². The lowest BCUT2D eigenvalue weighted by atomic mass is 9.79. The number of carbonyl (C=O) groups is 1. The summed E-state index contributed by atoms with van der Waals surface area (Å²) in [5, 5.41) is 0. The van der Waals surface area contributed by atoms with E-state index in [1.807, 2.05) is 0 Å². The predicted molar refractivity (Wildman–Crippen MR) is 43.4 cm³/mol. The molecule has 1 fully saturated rings. The van der Waals surface area contributed by atoms with E-state index in [2.05, 4.69) is 0 Å². The average molecular weight is 164 g/mol. The highest BCUT2D eigenvalue weighted by Crippen LogP contribution is 2.32. The highest BCUT2D eigenvalue weighted by Gasteiger charge is 2.29. The van der Waals surface area contributed by atoms with Gasteiger partial charge in [0.2, 0.25) is 0 Å². The third kappa shape index (κ3) is 1.13. The van der Waals surface area contributed by atoms with Crippen molar-refractivity contribution in [1.82, 2.24) is 0 Å². The zero-order chi connectivity index (χ0) is 8.55. The minimum atomic E-state index is -0.245. The summed E-state index contributed by atoms with van der Waals surface area (Å²) in [6.45, 7) is 0. The summed E-state index contributed by atoms with van der Waals surface area (Å²) in [4.78, 5) is 11.0. The molecule has 1 saturated carbocycles. The van der Waals surface area contributed by atoms with Crippen molar-refractivity contribution in [2.24, 2.45) is 0 Å². The van der Waals surface area contributed by atoms with Crippen molar-refractivity contribution in [3.8, 4) is 0 Å². The van der Waals surface area contributed by atoms with Gasteiger partial charge in [-0.05, 0) is 24.1 Å². The normalized spacial score (nSPS) is 22.1. The van der Waals surface area contributed by atoms with Crippen LogP contribution in [-0.2, 0) is 4.79 Å². The molecule has 1 aliphatic carbocycles. The van der Waals surface area contributed by atoms with Gasteiger partial charge in [0.05, 0.1) is 0 Å². The lowest BCUT2D eigenvalue weighted by molar-refractivity contribution is -0.125. The van der Waals surface area contributed by atoms with Gasteiger partial charge in [-0.1, -0.05) is 12.1 Å². The number of halogens is 1. The van der Waals surface area contributed by atoms with E-state index in [1.165, 1.54) is 12.1 Å². The van der Waals surface area contributed by atoms with E-state index in [0.29, 0.717) is 6.42 Å². The van der Waals surface area contributed by atoms with Crippen molar-refractivity contribution >= 4 is 5.78 Å². The third-order valence-electron chi connectivity index (χ3n) is 2.34. The maximum absolute atomic E-state index is 12.5. The van der Waals surface area contributed by atoms with Crippen molar-refractivity contribution in [3.05, 3.63) is 35.6 Å². The van der Waals surface area contributed by atoms with Crippen molar-refractivity contribution in [2.45, 2.75) is 18.8 Å². The molecule has 0 N–H and O–H groups in total. The average Bonchev–Trinajstić information content (AvgIpc) is 2.06. The number of hydrogen-bond acceptors (Lipinski definition) is 1. The molecule has 0 unspecified atom stereocenters. The Balaban J connectivity index is 2.23. The molecule has 12 heavy (non-hydrogen) atoms. The van der Waals surface area contributed by atoms with E-state index in [9.17, 15) is 9.18 Å². The van der Waals surface area contributed by atoms with Gasteiger partial charge in [-0.3, -0.25) is 4.79 Å². The molecule has 62 valence electrons. The molecule has 0 spiro atoms. The summed E-state index contributed by atoms with van der Waals surface area (Å²) in [5.41, 5.74) is 0.952. The lowest BCUT2D eigenvalue weighted by Gasteiger charge is -2.23. The Morgan fingerprint density at radius 2 is 1.92 bits per heavy atom. The van der Waals surface area contributed by atoms with Crippen LogP contribution in [-0.4, -0.2) is 5.78 Å². The number of ketones is 1. The quantitative estimate of drug-likeness (QED) is 0.622. The van der Waals surface area contributed by atoms with Crippen LogP contribution in [0, 0.1) is 5.82 Å². The molecule has 0 saturated heterocycles. The first-order valence-electron chi connectivity index (χ1n) is 4.05. The number of rotatable bonds is 1. The predicted octanol–water partition coefficient (Wildman–Crippen LogP) is 2.27. The van der Waals surface area contributed by atoms with Gasteiger partial charge < -0.3 is 0 Å². The van der Waals surface area contributed by atoms with Crippen LogP contribution in [0.4, 0.5) is 4.39 Å². The first-order valence-corrected chi connectivity index (χ1v) is 4.05. The molecule has 1 atom stereocenters. The van der Waals surface area contributed by atoms with E-state index < -0.39 is 0 Å². The van der Waals surface area contributed by atoms with E-state index in [1.54, 1.807) is 12.1 Å². The lowest BCUT2D eigenvalue weighted by Crippen LogP contribution is -2.22. The maximum Gasteiger partial charge on any atom is 0.140 e. The Morgan fingerprint density at radius 3 is 2.33 bits per heavy atom. The smallest absolute Gasteiger partial charge is 0.140 e. The Bertz CT molecular complexity index is 302. The highest BCUT2D eigenvalue weighted by molar-refractivity contribution is 5.91. The molecule has 1 aromatic carbocycles. The molecule has 0 heterocycles. The second-order valence-electron chi connectivity index (χ2n) is 3.11. The van der Waals surface area contributed by atoms with Crippen LogP contribution < -0.4 is 0 Å². The second-order valence-corrected chi connectivity index (χ2v) is 3.11. The van der Waals surface area contributed by atoms with Crippen LogP contribution in [0.2, 0.25) is 0 Å². The van der Waals surface area contributed by atoms with Crippen LogP contribution in [0.5, 0.6) is 0 Å². The summed E-state index contributed by atoms with van der Waals surface area (Å²) in [5.74, 6) is 0.0812. The molecule has 0 radical (unpaired) electrons. The monoisotopic (exact) mass is 164 g/mol. The Kier molecular flexibility index (Phi) is 1.68. The number of hydrogen-bond donors (Lipinski definition) is 0. The third-order valence-corrected chi connectivity index (χ3v) is 2.34. The minimum absolute atomic E-state index is 0.0469. The molecule has 2 rings (SSSR count). The summed E-state index contributed by atoms with van der Waals surface area (Å²) in [6, 6.07) is 6.19. The summed E-state index contributed by atoms with van der Waals surface area (Å²) in [6.07, 6.45) is 1.60. The standard InChI is InChI=1S/C10H9FO/c11-8-3-1-7(2-4-8)9-5-6-10(9)12/h1-4,9H,5-6H2/t9-/m0/s1. The van der Waals surface area contributed by atoms with Gasteiger partial charge in [-0.15, -0.1) is 0 Å². The van der Waals surface area contributed by atoms with Crippen LogP contribution in [0.3, 0.4) is 0 Å². The van der Waals surface area contributed by atoms with Crippen LogP contribution in [0.25, 0.3) is 0 Å².